The molecule has 32 heavy (non-hydrogen) atoms. The maximum Gasteiger partial charge on any atom is 0.320 e. The second-order valence-electron chi connectivity index (χ2n) is 7.42. The van der Waals surface area contributed by atoms with Gasteiger partial charge in [-0.25, -0.2) is 0 Å². The van der Waals surface area contributed by atoms with Gasteiger partial charge in [-0.05, 0) is 29.7 Å². The summed E-state index contributed by atoms with van der Waals surface area (Å²) < 4.78 is 5.67. The van der Waals surface area contributed by atoms with E-state index in [-0.39, 0.29) is 17.0 Å². The van der Waals surface area contributed by atoms with Crippen LogP contribution in [0.5, 0.6) is 0 Å². The maximum absolute atomic E-state index is 12.9. The lowest BCUT2D eigenvalue weighted by Crippen LogP contribution is -2.32. The topological polar surface area (TPSA) is 96.8 Å². The van der Waals surface area contributed by atoms with Gasteiger partial charge in [-0.15, -0.1) is 12.6 Å². The number of carbonyl (C=O) groups excluding carboxylic acids is 1. The molecule has 2 aromatic carbocycles. The molecule has 6 nitrogen and oxygen atoms in total. The van der Waals surface area contributed by atoms with E-state index in [4.69, 9.17) is 15.3 Å². The fourth-order valence-corrected chi connectivity index (χ4v) is 4.81. The molecule has 0 unspecified atom stereocenters. The molecule has 3 aromatic rings. The van der Waals surface area contributed by atoms with E-state index in [2.05, 4.69) is 12.6 Å². The van der Waals surface area contributed by atoms with Gasteiger partial charge >= 0.3 is 5.97 Å². The first kappa shape index (κ1) is 22.3. The lowest BCUT2D eigenvalue weighted by molar-refractivity contribution is -0.138. The van der Waals surface area contributed by atoms with Gasteiger partial charge in [0.2, 0.25) is 0 Å². The predicted molar refractivity (Wildman–Crippen MR) is 129 cm³/mol. The van der Waals surface area contributed by atoms with Gasteiger partial charge in [-0.1, -0.05) is 66.4 Å². The van der Waals surface area contributed by atoms with E-state index in [1.807, 2.05) is 66.7 Å². The Hall–Kier alpha value is -2.94. The second kappa shape index (κ2) is 9.68. The van der Waals surface area contributed by atoms with Crippen molar-refractivity contribution in [2.24, 2.45) is 5.73 Å². The molecule has 3 N–H and O–H groups in total. The van der Waals surface area contributed by atoms with Crippen LogP contribution in [0, 0.1) is 0 Å². The highest BCUT2D eigenvalue weighted by atomic mass is 32.2. The summed E-state index contributed by atoms with van der Waals surface area (Å²) in [5, 5.41) is 8.94. The van der Waals surface area contributed by atoms with E-state index in [9.17, 15) is 9.59 Å². The van der Waals surface area contributed by atoms with Crippen LogP contribution in [0.15, 0.2) is 76.1 Å². The van der Waals surface area contributed by atoms with Crippen molar-refractivity contribution in [2.45, 2.75) is 23.7 Å². The maximum atomic E-state index is 12.9. The van der Waals surface area contributed by atoms with Gasteiger partial charge in [0.1, 0.15) is 22.3 Å². The molecule has 1 fully saturated rings. The average Bonchev–Trinajstić information content (AvgIpc) is 3.35. The predicted octanol–water partition coefficient (Wildman–Crippen LogP) is 4.23. The standard InChI is InChI=1S/C24H22N2O4S2/c25-19(23(28)29)12-15-6-8-17(9-7-15)20-11-10-18(30-20)13-21-22(27)26(24(31)32-21)14-16-4-2-1-3-5-16/h1-11,13,19,24,31H,12,14,25H2,(H,28,29)/b21-13-/t19-,24-/m1/s1. The molecule has 1 aromatic heterocycles. The number of thioether (sulfide) groups is 1. The number of aliphatic carboxylic acids is 1. The Bertz CT molecular complexity index is 1140. The van der Waals surface area contributed by atoms with Crippen molar-refractivity contribution < 1.29 is 19.1 Å². The van der Waals surface area contributed by atoms with Crippen molar-refractivity contribution in [3.63, 3.8) is 0 Å². The molecule has 8 heteroatoms. The molecule has 2 atom stereocenters. The number of hydrogen-bond donors (Lipinski definition) is 3. The Morgan fingerprint density at radius 1 is 1.12 bits per heavy atom. The molecule has 0 aliphatic carbocycles. The molecule has 0 saturated carbocycles. The highest BCUT2D eigenvalue weighted by molar-refractivity contribution is 8.14. The van der Waals surface area contributed by atoms with Crippen molar-refractivity contribution in [2.75, 3.05) is 0 Å². The number of thiol groups is 1. The normalized spacial score (nSPS) is 18.3. The first-order valence-electron chi connectivity index (χ1n) is 9.99. The summed E-state index contributed by atoms with van der Waals surface area (Å²) in [6, 6.07) is 19.9. The van der Waals surface area contributed by atoms with Gasteiger partial charge in [0.15, 0.2) is 0 Å². The lowest BCUT2D eigenvalue weighted by Gasteiger charge is -2.19. The summed E-state index contributed by atoms with van der Waals surface area (Å²) in [4.78, 5) is 26.1. The molecule has 1 saturated heterocycles. The van der Waals surface area contributed by atoms with E-state index in [0.29, 0.717) is 23.0 Å². The molecule has 2 heterocycles. The quantitative estimate of drug-likeness (QED) is 0.356. The van der Waals surface area contributed by atoms with Crippen molar-refractivity contribution >= 4 is 42.3 Å². The summed E-state index contributed by atoms with van der Waals surface area (Å²) in [5.41, 5.74) is 8.33. The second-order valence-corrected chi connectivity index (χ2v) is 9.38. The fourth-order valence-electron chi connectivity index (χ4n) is 3.36. The summed E-state index contributed by atoms with van der Waals surface area (Å²) in [5.74, 6) is 0.138. The Morgan fingerprint density at radius 3 is 2.53 bits per heavy atom. The van der Waals surface area contributed by atoms with Crippen LogP contribution < -0.4 is 5.73 Å². The minimum absolute atomic E-state index is 0.0732. The molecule has 0 radical (unpaired) electrons. The third-order valence-corrected chi connectivity index (χ3v) is 6.68. The zero-order chi connectivity index (χ0) is 22.7. The van der Waals surface area contributed by atoms with E-state index >= 15 is 0 Å². The van der Waals surface area contributed by atoms with Crippen LogP contribution >= 0.6 is 24.4 Å². The van der Waals surface area contributed by atoms with Gasteiger partial charge < -0.3 is 20.2 Å². The molecular formula is C24H22N2O4S2. The van der Waals surface area contributed by atoms with Crippen LogP contribution in [0.2, 0.25) is 0 Å². The van der Waals surface area contributed by atoms with E-state index in [1.165, 1.54) is 11.8 Å². The van der Waals surface area contributed by atoms with Crippen molar-refractivity contribution in [3.8, 4) is 11.3 Å². The summed E-state index contributed by atoms with van der Waals surface area (Å²) >= 11 is 5.95. The molecule has 1 aliphatic rings. The highest BCUT2D eigenvalue weighted by Gasteiger charge is 2.34. The highest BCUT2D eigenvalue weighted by Crippen LogP contribution is 2.39. The van der Waals surface area contributed by atoms with Crippen molar-refractivity contribution in [3.05, 3.63) is 88.5 Å². The van der Waals surface area contributed by atoms with Crippen LogP contribution in [0.1, 0.15) is 16.9 Å². The van der Waals surface area contributed by atoms with Crippen LogP contribution in [0.4, 0.5) is 0 Å². The smallest absolute Gasteiger partial charge is 0.320 e. The van der Waals surface area contributed by atoms with E-state index < -0.39 is 12.0 Å². The first-order chi connectivity index (χ1) is 15.4. The van der Waals surface area contributed by atoms with Crippen molar-refractivity contribution in [1.29, 1.82) is 0 Å². The monoisotopic (exact) mass is 466 g/mol. The molecule has 164 valence electrons. The van der Waals surface area contributed by atoms with Crippen LogP contribution in [-0.4, -0.2) is 32.6 Å². The number of nitrogens with zero attached hydrogens (tertiary/aromatic N) is 1. The zero-order valence-electron chi connectivity index (χ0n) is 17.0. The van der Waals surface area contributed by atoms with E-state index in [0.717, 1.165) is 16.7 Å². The molecule has 0 spiro atoms. The number of carboxylic acids is 1. The van der Waals surface area contributed by atoms with Crippen LogP contribution in [0.3, 0.4) is 0 Å². The average molecular weight is 467 g/mol. The molecule has 4 rings (SSSR count). The minimum atomic E-state index is -1.03. The Balaban J connectivity index is 1.45. The van der Waals surface area contributed by atoms with Gasteiger partial charge in [0.25, 0.3) is 5.91 Å². The molecular weight excluding hydrogens is 444 g/mol. The first-order valence-corrected chi connectivity index (χ1v) is 11.4. The van der Waals surface area contributed by atoms with Crippen molar-refractivity contribution in [1.82, 2.24) is 4.90 Å². The molecule has 0 bridgehead atoms. The van der Waals surface area contributed by atoms with E-state index in [1.54, 1.807) is 11.0 Å². The van der Waals surface area contributed by atoms with Gasteiger partial charge in [0.05, 0.1) is 4.91 Å². The summed E-state index contributed by atoms with van der Waals surface area (Å²) in [6.07, 6.45) is 2.00. The Morgan fingerprint density at radius 2 is 1.84 bits per heavy atom. The fraction of sp³-hybridized carbons (Fsp3) is 0.167. The number of amides is 1. The number of rotatable bonds is 7. The summed E-state index contributed by atoms with van der Waals surface area (Å²) in [6.45, 7) is 0.499. The summed E-state index contributed by atoms with van der Waals surface area (Å²) in [7, 11) is 0. The largest absolute Gasteiger partial charge is 0.480 e. The third kappa shape index (κ3) is 5.09. The number of hydrogen-bond acceptors (Lipinski definition) is 6. The number of furan rings is 1. The van der Waals surface area contributed by atoms with Gasteiger partial charge in [0, 0.05) is 18.2 Å². The third-order valence-electron chi connectivity index (χ3n) is 5.08. The van der Waals surface area contributed by atoms with Gasteiger partial charge in [-0.3, -0.25) is 9.59 Å². The Labute approximate surface area is 195 Å². The number of benzene rings is 2. The molecule has 1 amide bonds. The molecule has 1 aliphatic heterocycles. The van der Waals surface area contributed by atoms with Crippen LogP contribution in [0.25, 0.3) is 17.4 Å². The number of carbonyl (C=O) groups is 2. The SMILES string of the molecule is N[C@H](Cc1ccc(-c2ccc(/C=C3\S[C@@H](S)N(Cc4ccccc4)C3=O)o2)cc1)C(=O)O. The number of carboxylic acid groups (broad SMARTS) is 1. The minimum Gasteiger partial charge on any atom is -0.480 e. The Kier molecular flexibility index (Phi) is 6.74. The van der Waals surface area contributed by atoms with Crippen LogP contribution in [-0.2, 0) is 22.6 Å². The zero-order valence-corrected chi connectivity index (χ0v) is 18.8. The lowest BCUT2D eigenvalue weighted by atomic mass is 10.0. The van der Waals surface area contributed by atoms with Gasteiger partial charge in [-0.2, -0.15) is 0 Å². The number of nitrogens with two attached hydrogens (primary N) is 1.